The van der Waals surface area contributed by atoms with Crippen LogP contribution in [0.4, 0.5) is 11.4 Å². The fourth-order valence-electron chi connectivity index (χ4n) is 2.63. The molecule has 0 fully saturated rings. The number of primary amides is 1. The zero-order chi connectivity index (χ0) is 22.5. The highest BCUT2D eigenvalue weighted by molar-refractivity contribution is 5.71. The first-order valence-electron chi connectivity index (χ1n) is 9.70. The highest BCUT2D eigenvalue weighted by atomic mass is 16.6. The lowest BCUT2D eigenvalue weighted by Crippen LogP contribution is -2.14. The van der Waals surface area contributed by atoms with E-state index in [9.17, 15) is 4.79 Å². The second kappa shape index (κ2) is 12.5. The molecule has 0 heterocycles. The molecule has 0 unspecified atom stereocenters. The van der Waals surface area contributed by atoms with Crippen molar-refractivity contribution < 1.29 is 23.8 Å². The number of ether oxygens (including phenoxy) is 3. The molecule has 0 aromatic heterocycles. The summed E-state index contributed by atoms with van der Waals surface area (Å²) in [6, 6.07) is 23.0. The molecule has 7 nitrogen and oxygen atoms in total. The Morgan fingerprint density at radius 1 is 0.968 bits per heavy atom. The van der Waals surface area contributed by atoms with Gasteiger partial charge >= 0.3 is 5.97 Å². The standard InChI is InChI=1S/C23H23NO4.CH3NO/c1-3-26-23(25)16-27-22-15-19(24-18-9-7-8-17(2)14-18)12-13-21(22)28-20-10-5-4-6-11-20;2-1-3/h4-15,24H,3,16H2,1-2H3;1H,(H2,2,3). The highest BCUT2D eigenvalue weighted by Crippen LogP contribution is 2.35. The molecule has 162 valence electrons. The summed E-state index contributed by atoms with van der Waals surface area (Å²) >= 11 is 0. The van der Waals surface area contributed by atoms with Crippen LogP contribution in [-0.2, 0) is 14.3 Å². The summed E-state index contributed by atoms with van der Waals surface area (Å²) in [6.45, 7) is 3.92. The summed E-state index contributed by atoms with van der Waals surface area (Å²) in [4.78, 5) is 20.3. The molecule has 3 rings (SSSR count). The van der Waals surface area contributed by atoms with Crippen molar-refractivity contribution in [3.63, 3.8) is 0 Å². The third-order valence-corrected chi connectivity index (χ3v) is 3.87. The maximum absolute atomic E-state index is 11.7. The number of hydrogen-bond acceptors (Lipinski definition) is 6. The van der Waals surface area contributed by atoms with Gasteiger partial charge < -0.3 is 25.3 Å². The minimum atomic E-state index is -0.426. The van der Waals surface area contributed by atoms with E-state index in [2.05, 4.69) is 11.1 Å². The number of carbonyl (C=O) groups is 2. The third-order valence-electron chi connectivity index (χ3n) is 3.87. The predicted octanol–water partition coefficient (Wildman–Crippen LogP) is 4.57. The zero-order valence-electron chi connectivity index (χ0n) is 17.5. The zero-order valence-corrected chi connectivity index (χ0v) is 17.5. The van der Waals surface area contributed by atoms with Gasteiger partial charge in [0, 0.05) is 17.4 Å². The van der Waals surface area contributed by atoms with Crippen molar-refractivity contribution >= 4 is 23.8 Å². The number of carbonyl (C=O) groups excluding carboxylic acids is 2. The Bertz CT molecular complexity index is 977. The van der Waals surface area contributed by atoms with Crippen molar-refractivity contribution in [2.24, 2.45) is 5.73 Å². The van der Waals surface area contributed by atoms with Crippen LogP contribution in [0.3, 0.4) is 0 Å². The Balaban J connectivity index is 0.00000107. The average molecular weight is 422 g/mol. The lowest BCUT2D eigenvalue weighted by molar-refractivity contribution is -0.145. The van der Waals surface area contributed by atoms with E-state index >= 15 is 0 Å². The van der Waals surface area contributed by atoms with E-state index in [1.165, 1.54) is 0 Å². The van der Waals surface area contributed by atoms with Gasteiger partial charge in [-0.25, -0.2) is 4.79 Å². The Morgan fingerprint density at radius 2 is 1.68 bits per heavy atom. The topological polar surface area (TPSA) is 99.9 Å². The second-order valence-electron chi connectivity index (χ2n) is 6.30. The molecule has 3 N–H and O–H groups in total. The van der Waals surface area contributed by atoms with Crippen molar-refractivity contribution in [3.05, 3.63) is 78.4 Å². The fourth-order valence-corrected chi connectivity index (χ4v) is 2.63. The first-order chi connectivity index (χ1) is 15.0. The van der Waals surface area contributed by atoms with Crippen LogP contribution in [0.1, 0.15) is 12.5 Å². The summed E-state index contributed by atoms with van der Waals surface area (Å²) in [5.74, 6) is 1.23. The number of para-hydroxylation sites is 1. The van der Waals surface area contributed by atoms with Gasteiger partial charge in [-0.2, -0.15) is 0 Å². The second-order valence-corrected chi connectivity index (χ2v) is 6.30. The maximum Gasteiger partial charge on any atom is 0.344 e. The molecule has 0 aliphatic rings. The van der Waals surface area contributed by atoms with Crippen molar-refractivity contribution in [1.82, 2.24) is 0 Å². The Morgan fingerprint density at radius 3 is 2.35 bits per heavy atom. The molecule has 0 aliphatic carbocycles. The molecule has 1 amide bonds. The molecule has 7 heteroatoms. The van der Waals surface area contributed by atoms with Crippen LogP contribution in [-0.4, -0.2) is 25.6 Å². The van der Waals surface area contributed by atoms with Crippen LogP contribution < -0.4 is 20.5 Å². The summed E-state index contributed by atoms with van der Waals surface area (Å²) in [7, 11) is 0. The average Bonchev–Trinajstić information content (AvgIpc) is 2.75. The third kappa shape index (κ3) is 8.10. The van der Waals surface area contributed by atoms with Crippen molar-refractivity contribution in [3.8, 4) is 17.2 Å². The molecule has 0 bridgehead atoms. The van der Waals surface area contributed by atoms with Crippen LogP contribution in [0.15, 0.2) is 72.8 Å². The van der Waals surface area contributed by atoms with Gasteiger partial charge in [0.05, 0.1) is 6.61 Å². The number of hydrogen-bond donors (Lipinski definition) is 2. The Kier molecular flexibility index (Phi) is 9.42. The quantitative estimate of drug-likeness (QED) is 0.407. The van der Waals surface area contributed by atoms with Crippen LogP contribution in [0.25, 0.3) is 0 Å². The monoisotopic (exact) mass is 422 g/mol. The molecule has 31 heavy (non-hydrogen) atoms. The van der Waals surface area contributed by atoms with Gasteiger partial charge in [0.15, 0.2) is 18.1 Å². The highest BCUT2D eigenvalue weighted by Gasteiger charge is 2.11. The normalized spacial score (nSPS) is 9.61. The minimum absolute atomic E-state index is 0.188. The number of aryl methyl sites for hydroxylation is 1. The molecule has 0 saturated heterocycles. The lowest BCUT2D eigenvalue weighted by atomic mass is 10.2. The van der Waals surface area contributed by atoms with Crippen LogP contribution in [0, 0.1) is 6.92 Å². The first-order valence-corrected chi connectivity index (χ1v) is 9.70. The number of amides is 1. The summed E-state index contributed by atoms with van der Waals surface area (Å²) in [5, 5.41) is 3.34. The van der Waals surface area contributed by atoms with Gasteiger partial charge in [0.1, 0.15) is 5.75 Å². The van der Waals surface area contributed by atoms with Gasteiger partial charge in [-0.05, 0) is 55.8 Å². The molecular weight excluding hydrogens is 396 g/mol. The molecule has 3 aromatic carbocycles. The molecule has 0 spiro atoms. The van der Waals surface area contributed by atoms with Crippen molar-refractivity contribution in [2.45, 2.75) is 13.8 Å². The van der Waals surface area contributed by atoms with Gasteiger partial charge in [-0.1, -0.05) is 30.3 Å². The van der Waals surface area contributed by atoms with Crippen molar-refractivity contribution in [2.75, 3.05) is 18.5 Å². The molecule has 0 aliphatic heterocycles. The molecule has 0 radical (unpaired) electrons. The van der Waals surface area contributed by atoms with E-state index in [0.717, 1.165) is 16.9 Å². The molecular formula is C24H26N2O5. The SMILES string of the molecule is CCOC(=O)COc1cc(Nc2cccc(C)c2)ccc1Oc1ccccc1.NC=O. The van der Waals surface area contributed by atoms with Crippen LogP contribution in [0.2, 0.25) is 0 Å². The van der Waals surface area contributed by atoms with E-state index in [4.69, 9.17) is 19.0 Å². The number of nitrogens with one attached hydrogen (secondary N) is 1. The molecule has 0 saturated carbocycles. The number of anilines is 2. The summed E-state index contributed by atoms with van der Waals surface area (Å²) < 4.78 is 16.5. The Labute approximate surface area is 181 Å². The number of rotatable bonds is 8. The van der Waals surface area contributed by atoms with E-state index < -0.39 is 5.97 Å². The maximum atomic E-state index is 11.7. The largest absolute Gasteiger partial charge is 0.478 e. The van der Waals surface area contributed by atoms with Crippen LogP contribution in [0.5, 0.6) is 17.2 Å². The van der Waals surface area contributed by atoms with Gasteiger partial charge in [0.25, 0.3) is 0 Å². The van der Waals surface area contributed by atoms with E-state index in [-0.39, 0.29) is 13.0 Å². The number of benzene rings is 3. The number of nitrogens with two attached hydrogens (primary N) is 1. The number of esters is 1. The summed E-state index contributed by atoms with van der Waals surface area (Å²) in [5.41, 5.74) is 7.12. The van der Waals surface area contributed by atoms with E-state index in [0.29, 0.717) is 23.9 Å². The van der Waals surface area contributed by atoms with E-state index in [1.807, 2.05) is 73.7 Å². The first kappa shape index (κ1) is 23.3. The minimum Gasteiger partial charge on any atom is -0.478 e. The smallest absolute Gasteiger partial charge is 0.344 e. The molecule has 0 atom stereocenters. The summed E-state index contributed by atoms with van der Waals surface area (Å²) in [6.07, 6.45) is 0.250. The van der Waals surface area contributed by atoms with Crippen LogP contribution >= 0.6 is 0 Å². The molecule has 3 aromatic rings. The Hall–Kier alpha value is -4.00. The van der Waals surface area contributed by atoms with Gasteiger partial charge in [-0.3, -0.25) is 4.79 Å². The predicted molar refractivity (Wildman–Crippen MR) is 120 cm³/mol. The van der Waals surface area contributed by atoms with Crippen molar-refractivity contribution in [1.29, 1.82) is 0 Å². The van der Waals surface area contributed by atoms with Gasteiger partial charge in [0.2, 0.25) is 6.41 Å². The fraction of sp³-hybridized carbons (Fsp3) is 0.167. The van der Waals surface area contributed by atoms with E-state index in [1.54, 1.807) is 13.0 Å². The van der Waals surface area contributed by atoms with Gasteiger partial charge in [-0.15, -0.1) is 0 Å². The lowest BCUT2D eigenvalue weighted by Gasteiger charge is -2.15.